The minimum absolute atomic E-state index is 0.729. The first-order valence-electron chi connectivity index (χ1n) is 12.7. The van der Waals surface area contributed by atoms with Crippen molar-refractivity contribution in [1.29, 1.82) is 0 Å². The Bertz CT molecular complexity index is 1500. The number of aryl methyl sites for hydroxylation is 1. The van der Waals surface area contributed by atoms with Crippen molar-refractivity contribution in [3.05, 3.63) is 132 Å². The third kappa shape index (κ3) is 4.10. The number of benzene rings is 5. The molecule has 0 aliphatic heterocycles. The fourth-order valence-electron chi connectivity index (χ4n) is 5.41. The summed E-state index contributed by atoms with van der Waals surface area (Å²) < 4.78 is 0. The molecule has 170 valence electrons. The average Bonchev–Trinajstić information content (AvgIpc) is 3.75. The second-order valence-electron chi connectivity index (χ2n) is 9.78. The summed E-state index contributed by atoms with van der Waals surface area (Å²) in [6, 6.07) is 42.2. The van der Waals surface area contributed by atoms with Gasteiger partial charge in [0, 0.05) is 0 Å². The molecule has 1 aliphatic rings. The lowest BCUT2D eigenvalue weighted by Crippen LogP contribution is -1.94. The van der Waals surface area contributed by atoms with Gasteiger partial charge >= 0.3 is 0 Å². The van der Waals surface area contributed by atoms with Crippen LogP contribution in [0.15, 0.2) is 115 Å². The molecule has 0 heterocycles. The van der Waals surface area contributed by atoms with E-state index in [4.69, 9.17) is 0 Å². The van der Waals surface area contributed by atoms with Crippen molar-refractivity contribution in [3.8, 4) is 44.5 Å². The van der Waals surface area contributed by atoms with Gasteiger partial charge in [-0.2, -0.15) is 0 Å². The van der Waals surface area contributed by atoms with Crippen LogP contribution >= 0.6 is 0 Å². The topological polar surface area (TPSA) is 0 Å². The van der Waals surface area contributed by atoms with Crippen molar-refractivity contribution in [2.45, 2.75) is 32.6 Å². The van der Waals surface area contributed by atoms with Gasteiger partial charge in [-0.3, -0.25) is 0 Å². The molecule has 1 saturated carbocycles. The van der Waals surface area contributed by atoms with Gasteiger partial charge < -0.3 is 0 Å². The Morgan fingerprint density at radius 1 is 0.457 bits per heavy atom. The Balaban J connectivity index is 1.53. The number of rotatable bonds is 5. The second-order valence-corrected chi connectivity index (χ2v) is 9.78. The van der Waals surface area contributed by atoms with Gasteiger partial charge in [-0.1, -0.05) is 109 Å². The highest BCUT2D eigenvalue weighted by atomic mass is 14.3. The Kier molecular flexibility index (Phi) is 5.58. The second kappa shape index (κ2) is 9.04. The first kappa shape index (κ1) is 21.6. The zero-order chi connectivity index (χ0) is 23.8. The summed E-state index contributed by atoms with van der Waals surface area (Å²) in [5, 5.41) is 0. The summed E-state index contributed by atoms with van der Waals surface area (Å²) in [6.45, 7) is 4.49. The molecule has 1 aliphatic carbocycles. The third-order valence-corrected chi connectivity index (χ3v) is 7.45. The Hall–Kier alpha value is -3.90. The van der Waals surface area contributed by atoms with Crippen molar-refractivity contribution >= 4 is 0 Å². The molecule has 1 fully saturated rings. The lowest BCUT2D eigenvalue weighted by atomic mass is 9.86. The fraction of sp³-hybridized carbons (Fsp3) is 0.143. The van der Waals surface area contributed by atoms with Crippen LogP contribution in [0.5, 0.6) is 0 Å². The first-order valence-corrected chi connectivity index (χ1v) is 12.7. The summed E-state index contributed by atoms with van der Waals surface area (Å²) >= 11 is 0. The smallest absolute Gasteiger partial charge is 0.00966 e. The van der Waals surface area contributed by atoms with E-state index in [0.29, 0.717) is 0 Å². The molecule has 0 radical (unpaired) electrons. The van der Waals surface area contributed by atoms with E-state index in [9.17, 15) is 0 Å². The van der Waals surface area contributed by atoms with Crippen LogP contribution < -0.4 is 0 Å². The van der Waals surface area contributed by atoms with Gasteiger partial charge in [-0.05, 0) is 99.9 Å². The van der Waals surface area contributed by atoms with Crippen LogP contribution in [0, 0.1) is 13.8 Å². The van der Waals surface area contributed by atoms with Crippen molar-refractivity contribution in [1.82, 2.24) is 0 Å². The van der Waals surface area contributed by atoms with E-state index in [1.807, 2.05) is 0 Å². The maximum atomic E-state index is 2.39. The molecule has 0 N–H and O–H groups in total. The summed E-state index contributed by atoms with van der Waals surface area (Å²) in [5.74, 6) is 0.729. The Morgan fingerprint density at radius 3 is 1.89 bits per heavy atom. The van der Waals surface area contributed by atoms with E-state index in [0.717, 1.165) is 5.92 Å². The Morgan fingerprint density at radius 2 is 1.11 bits per heavy atom. The molecule has 5 aromatic carbocycles. The molecule has 6 rings (SSSR count). The zero-order valence-corrected chi connectivity index (χ0v) is 20.5. The van der Waals surface area contributed by atoms with Crippen LogP contribution in [0.25, 0.3) is 44.5 Å². The summed E-state index contributed by atoms with van der Waals surface area (Å²) in [7, 11) is 0. The number of hydrogen-bond donors (Lipinski definition) is 0. The molecule has 0 atom stereocenters. The largest absolute Gasteiger partial charge is 0.0622 e. The lowest BCUT2D eigenvalue weighted by molar-refractivity contribution is 1.13. The molecule has 0 heteroatoms. The maximum Gasteiger partial charge on any atom is -0.00966 e. The van der Waals surface area contributed by atoms with Crippen LogP contribution in [0.2, 0.25) is 0 Å². The molecular formula is C35H30. The van der Waals surface area contributed by atoms with Crippen molar-refractivity contribution in [3.63, 3.8) is 0 Å². The van der Waals surface area contributed by atoms with E-state index in [2.05, 4.69) is 129 Å². The van der Waals surface area contributed by atoms with E-state index in [1.54, 1.807) is 0 Å². The molecule has 0 aromatic heterocycles. The van der Waals surface area contributed by atoms with Gasteiger partial charge in [-0.25, -0.2) is 0 Å². The summed E-state index contributed by atoms with van der Waals surface area (Å²) in [5.41, 5.74) is 14.6. The third-order valence-electron chi connectivity index (χ3n) is 7.45. The highest BCUT2D eigenvalue weighted by molar-refractivity contribution is 5.89. The fourth-order valence-corrected chi connectivity index (χ4v) is 5.41. The van der Waals surface area contributed by atoms with E-state index in [-0.39, 0.29) is 0 Å². The molecule has 0 spiro atoms. The normalized spacial score (nSPS) is 13.1. The standard InChI is InChI=1S/C35H30/c1-24-11-6-7-14-29(24)35-23-28(21-22-33(35)26-12-4-3-5-13-26)30-17-10-18-31(25(30)2)34-16-9-8-15-32(34)27-19-20-27/h3-18,21-23,27H,19-20H2,1-2H3. The average molecular weight is 451 g/mol. The van der Waals surface area contributed by atoms with Crippen molar-refractivity contribution in [2.75, 3.05) is 0 Å². The monoisotopic (exact) mass is 450 g/mol. The van der Waals surface area contributed by atoms with Crippen LogP contribution in [-0.4, -0.2) is 0 Å². The van der Waals surface area contributed by atoms with Crippen LogP contribution in [0.4, 0.5) is 0 Å². The molecule has 35 heavy (non-hydrogen) atoms. The van der Waals surface area contributed by atoms with Gasteiger partial charge in [0.25, 0.3) is 0 Å². The summed E-state index contributed by atoms with van der Waals surface area (Å²) in [6.07, 6.45) is 2.63. The van der Waals surface area contributed by atoms with Gasteiger partial charge in [0.05, 0.1) is 0 Å². The van der Waals surface area contributed by atoms with Gasteiger partial charge in [-0.15, -0.1) is 0 Å². The maximum absolute atomic E-state index is 2.39. The molecule has 5 aromatic rings. The molecule has 0 nitrogen and oxygen atoms in total. The SMILES string of the molecule is Cc1ccccc1-c1cc(-c2cccc(-c3ccccc3C3CC3)c2C)ccc1-c1ccccc1. The number of hydrogen-bond acceptors (Lipinski definition) is 0. The van der Waals surface area contributed by atoms with E-state index >= 15 is 0 Å². The zero-order valence-electron chi connectivity index (χ0n) is 20.5. The molecule has 0 saturated heterocycles. The van der Waals surface area contributed by atoms with Gasteiger partial charge in [0.1, 0.15) is 0 Å². The summed E-state index contributed by atoms with van der Waals surface area (Å²) in [4.78, 5) is 0. The van der Waals surface area contributed by atoms with Crippen LogP contribution in [0.1, 0.15) is 35.4 Å². The molecule has 0 amide bonds. The minimum Gasteiger partial charge on any atom is -0.0622 e. The highest BCUT2D eigenvalue weighted by Gasteiger charge is 2.26. The highest BCUT2D eigenvalue weighted by Crippen LogP contribution is 2.46. The first-order chi connectivity index (χ1) is 17.2. The Labute approximate surface area is 208 Å². The van der Waals surface area contributed by atoms with Gasteiger partial charge in [0.2, 0.25) is 0 Å². The van der Waals surface area contributed by atoms with Crippen LogP contribution in [0.3, 0.4) is 0 Å². The van der Waals surface area contributed by atoms with Crippen LogP contribution in [-0.2, 0) is 0 Å². The molecule has 0 unspecified atom stereocenters. The molecule has 0 bridgehead atoms. The quantitative estimate of drug-likeness (QED) is 0.250. The predicted octanol–water partition coefficient (Wildman–Crippen LogP) is 9.85. The van der Waals surface area contributed by atoms with E-state index < -0.39 is 0 Å². The van der Waals surface area contributed by atoms with Crippen molar-refractivity contribution in [2.24, 2.45) is 0 Å². The van der Waals surface area contributed by atoms with E-state index in [1.165, 1.54) is 74.0 Å². The lowest BCUT2D eigenvalue weighted by Gasteiger charge is -2.18. The van der Waals surface area contributed by atoms with Gasteiger partial charge in [0.15, 0.2) is 0 Å². The molecular weight excluding hydrogens is 420 g/mol. The van der Waals surface area contributed by atoms with Crippen molar-refractivity contribution < 1.29 is 0 Å². The predicted molar refractivity (Wildman–Crippen MR) is 150 cm³/mol. The minimum atomic E-state index is 0.729.